The molecule has 3 atom stereocenters. The minimum Gasteiger partial charge on any atom is -0.481 e. The van der Waals surface area contributed by atoms with E-state index in [0.717, 1.165) is 6.42 Å². The largest absolute Gasteiger partial charge is 0.481 e. The summed E-state index contributed by atoms with van der Waals surface area (Å²) >= 11 is 0. The highest BCUT2D eigenvalue weighted by Crippen LogP contribution is 2.24. The minimum atomic E-state index is -0.888. The third-order valence-electron chi connectivity index (χ3n) is 2.65. The third kappa shape index (κ3) is 3.17. The zero-order valence-electron chi connectivity index (χ0n) is 8.70. The molecule has 3 heteroatoms. The van der Waals surface area contributed by atoms with Crippen molar-refractivity contribution < 1.29 is 14.7 Å². The molecule has 0 rings (SSSR count). The SMILES string of the molecule is CCC(C)C(C(C)=O)C(C)C(=O)O. The van der Waals surface area contributed by atoms with Crippen molar-refractivity contribution in [3.63, 3.8) is 0 Å². The van der Waals surface area contributed by atoms with Gasteiger partial charge in [0.2, 0.25) is 0 Å². The number of carbonyl (C=O) groups is 2. The maximum Gasteiger partial charge on any atom is 0.306 e. The van der Waals surface area contributed by atoms with Gasteiger partial charge in [-0.3, -0.25) is 9.59 Å². The summed E-state index contributed by atoms with van der Waals surface area (Å²) in [5, 5.41) is 8.79. The molecular formula is C10H18O3. The van der Waals surface area contributed by atoms with E-state index in [1.807, 2.05) is 13.8 Å². The second-order valence-corrected chi connectivity index (χ2v) is 3.65. The van der Waals surface area contributed by atoms with Gasteiger partial charge in [-0.05, 0) is 12.8 Å². The summed E-state index contributed by atoms with van der Waals surface area (Å²) in [7, 11) is 0. The molecule has 0 aromatic carbocycles. The Hall–Kier alpha value is -0.860. The molecule has 0 aliphatic carbocycles. The van der Waals surface area contributed by atoms with E-state index < -0.39 is 11.9 Å². The topological polar surface area (TPSA) is 54.4 Å². The van der Waals surface area contributed by atoms with E-state index in [9.17, 15) is 9.59 Å². The molecular weight excluding hydrogens is 168 g/mol. The number of hydrogen-bond donors (Lipinski definition) is 1. The normalized spacial score (nSPS) is 17.5. The second-order valence-electron chi connectivity index (χ2n) is 3.65. The number of carbonyl (C=O) groups excluding carboxylic acids is 1. The average Bonchev–Trinajstić information content (AvgIpc) is 2.03. The van der Waals surface area contributed by atoms with Crippen molar-refractivity contribution in [3.8, 4) is 0 Å². The number of aliphatic carboxylic acids is 1. The number of ketones is 1. The molecule has 13 heavy (non-hydrogen) atoms. The van der Waals surface area contributed by atoms with Crippen LogP contribution in [0.15, 0.2) is 0 Å². The first-order valence-electron chi connectivity index (χ1n) is 4.65. The molecule has 0 aromatic rings. The smallest absolute Gasteiger partial charge is 0.306 e. The fraction of sp³-hybridized carbons (Fsp3) is 0.800. The van der Waals surface area contributed by atoms with Crippen LogP contribution in [0.25, 0.3) is 0 Å². The first-order chi connectivity index (χ1) is 5.91. The van der Waals surface area contributed by atoms with Gasteiger partial charge in [-0.15, -0.1) is 0 Å². The molecule has 0 aliphatic heterocycles. The lowest BCUT2D eigenvalue weighted by Crippen LogP contribution is -2.31. The molecule has 0 heterocycles. The molecule has 76 valence electrons. The van der Waals surface area contributed by atoms with Crippen LogP contribution in [0.4, 0.5) is 0 Å². The van der Waals surface area contributed by atoms with Crippen LogP contribution in [-0.4, -0.2) is 16.9 Å². The first-order valence-corrected chi connectivity index (χ1v) is 4.65. The van der Waals surface area contributed by atoms with Crippen LogP contribution in [-0.2, 0) is 9.59 Å². The highest BCUT2D eigenvalue weighted by molar-refractivity contribution is 5.84. The highest BCUT2D eigenvalue weighted by atomic mass is 16.4. The van der Waals surface area contributed by atoms with Gasteiger partial charge in [0.05, 0.1) is 5.92 Å². The van der Waals surface area contributed by atoms with Crippen LogP contribution in [0.1, 0.15) is 34.1 Å². The van der Waals surface area contributed by atoms with Gasteiger partial charge in [0.1, 0.15) is 5.78 Å². The van der Waals surface area contributed by atoms with Crippen LogP contribution in [0.5, 0.6) is 0 Å². The third-order valence-corrected chi connectivity index (χ3v) is 2.65. The standard InChI is InChI=1S/C10H18O3/c1-5-6(2)9(8(4)11)7(3)10(12)13/h6-7,9H,5H2,1-4H3,(H,12,13). The Morgan fingerprint density at radius 2 is 1.77 bits per heavy atom. The predicted octanol–water partition coefficient (Wildman–Crippen LogP) is 1.96. The zero-order chi connectivity index (χ0) is 10.6. The highest BCUT2D eigenvalue weighted by Gasteiger charge is 2.31. The fourth-order valence-corrected chi connectivity index (χ4v) is 1.65. The van der Waals surface area contributed by atoms with Gasteiger partial charge in [-0.2, -0.15) is 0 Å². The number of Topliss-reactive ketones (excluding diaryl/α,β-unsaturated/α-hetero) is 1. The van der Waals surface area contributed by atoms with Crippen molar-refractivity contribution in [1.82, 2.24) is 0 Å². The van der Waals surface area contributed by atoms with Crippen molar-refractivity contribution in [3.05, 3.63) is 0 Å². The van der Waals surface area contributed by atoms with Gasteiger partial charge in [-0.1, -0.05) is 27.2 Å². The van der Waals surface area contributed by atoms with E-state index in [-0.39, 0.29) is 17.6 Å². The van der Waals surface area contributed by atoms with Crippen molar-refractivity contribution in [2.45, 2.75) is 34.1 Å². The summed E-state index contributed by atoms with van der Waals surface area (Å²) in [5.74, 6) is -1.69. The molecule has 0 amide bonds. The van der Waals surface area contributed by atoms with Gasteiger partial charge in [-0.25, -0.2) is 0 Å². The molecule has 0 saturated carbocycles. The molecule has 0 aliphatic rings. The van der Waals surface area contributed by atoms with E-state index in [2.05, 4.69) is 0 Å². The van der Waals surface area contributed by atoms with Crippen molar-refractivity contribution in [2.24, 2.45) is 17.8 Å². The lowest BCUT2D eigenvalue weighted by molar-refractivity contribution is -0.146. The predicted molar refractivity (Wildman–Crippen MR) is 50.4 cm³/mol. The molecule has 0 fully saturated rings. The Morgan fingerprint density at radius 1 is 1.31 bits per heavy atom. The monoisotopic (exact) mass is 186 g/mol. The Morgan fingerprint density at radius 3 is 2.00 bits per heavy atom. The summed E-state index contributed by atoms with van der Waals surface area (Å²) in [6, 6.07) is 0. The zero-order valence-corrected chi connectivity index (χ0v) is 8.70. The van der Waals surface area contributed by atoms with Gasteiger partial charge >= 0.3 is 5.97 Å². The Labute approximate surface area is 79.1 Å². The van der Waals surface area contributed by atoms with E-state index in [1.54, 1.807) is 6.92 Å². The summed E-state index contributed by atoms with van der Waals surface area (Å²) in [6.45, 7) is 6.96. The van der Waals surface area contributed by atoms with E-state index in [0.29, 0.717) is 0 Å². The molecule has 0 aromatic heterocycles. The van der Waals surface area contributed by atoms with Crippen LogP contribution in [0.3, 0.4) is 0 Å². The van der Waals surface area contributed by atoms with Crippen LogP contribution < -0.4 is 0 Å². The molecule has 1 N–H and O–H groups in total. The summed E-state index contributed by atoms with van der Waals surface area (Å²) in [4.78, 5) is 21.9. The van der Waals surface area contributed by atoms with Gasteiger partial charge in [0.25, 0.3) is 0 Å². The maximum absolute atomic E-state index is 11.2. The summed E-state index contributed by atoms with van der Waals surface area (Å²) in [6.07, 6.45) is 0.835. The average molecular weight is 186 g/mol. The Kier molecular flexibility index (Phi) is 4.67. The Bertz CT molecular complexity index is 198. The lowest BCUT2D eigenvalue weighted by Gasteiger charge is -2.23. The van der Waals surface area contributed by atoms with Crippen LogP contribution in [0.2, 0.25) is 0 Å². The van der Waals surface area contributed by atoms with Crippen molar-refractivity contribution in [1.29, 1.82) is 0 Å². The van der Waals surface area contributed by atoms with E-state index in [1.165, 1.54) is 6.92 Å². The van der Waals surface area contributed by atoms with Gasteiger partial charge in [0, 0.05) is 5.92 Å². The lowest BCUT2D eigenvalue weighted by atomic mass is 9.79. The molecule has 0 bridgehead atoms. The van der Waals surface area contributed by atoms with Gasteiger partial charge < -0.3 is 5.11 Å². The molecule has 0 radical (unpaired) electrons. The van der Waals surface area contributed by atoms with Crippen LogP contribution >= 0.6 is 0 Å². The van der Waals surface area contributed by atoms with Crippen molar-refractivity contribution >= 4 is 11.8 Å². The summed E-state index contributed by atoms with van der Waals surface area (Å²) in [5.41, 5.74) is 0. The van der Waals surface area contributed by atoms with Crippen LogP contribution in [0, 0.1) is 17.8 Å². The molecule has 0 saturated heterocycles. The quantitative estimate of drug-likeness (QED) is 0.714. The van der Waals surface area contributed by atoms with E-state index in [4.69, 9.17) is 5.11 Å². The molecule has 0 spiro atoms. The summed E-state index contributed by atoms with van der Waals surface area (Å²) < 4.78 is 0. The number of rotatable bonds is 5. The van der Waals surface area contributed by atoms with Gasteiger partial charge in [0.15, 0.2) is 0 Å². The number of carboxylic acid groups (broad SMARTS) is 1. The Balaban J connectivity index is 4.60. The maximum atomic E-state index is 11.2. The number of hydrogen-bond acceptors (Lipinski definition) is 2. The first kappa shape index (κ1) is 12.1. The molecule has 3 nitrogen and oxygen atoms in total. The second kappa shape index (κ2) is 5.00. The minimum absolute atomic E-state index is 0.0238. The van der Waals surface area contributed by atoms with Crippen molar-refractivity contribution in [2.75, 3.05) is 0 Å². The fourth-order valence-electron chi connectivity index (χ4n) is 1.65. The van der Waals surface area contributed by atoms with E-state index >= 15 is 0 Å². The molecule has 3 unspecified atom stereocenters. The number of carboxylic acids is 1.